The van der Waals surface area contributed by atoms with E-state index in [0.717, 1.165) is 0 Å². The van der Waals surface area contributed by atoms with Crippen molar-refractivity contribution in [1.29, 1.82) is 0 Å². The van der Waals surface area contributed by atoms with Gasteiger partial charge in [0.25, 0.3) is 0 Å². The van der Waals surface area contributed by atoms with Crippen molar-refractivity contribution in [2.24, 2.45) is 16.6 Å². The topological polar surface area (TPSA) is 75.4 Å². The molecule has 19 heavy (non-hydrogen) atoms. The minimum atomic E-state index is -0.477. The second-order valence-corrected chi connectivity index (χ2v) is 6.55. The van der Waals surface area contributed by atoms with Crippen LogP contribution >= 0.6 is 12.4 Å². The lowest BCUT2D eigenvalue weighted by Crippen LogP contribution is -2.45. The van der Waals surface area contributed by atoms with E-state index in [1.807, 2.05) is 34.6 Å². The molecular formula is C13H28ClN3O2. The van der Waals surface area contributed by atoms with Gasteiger partial charge in [0.1, 0.15) is 0 Å². The molecule has 0 heterocycles. The van der Waals surface area contributed by atoms with Crippen LogP contribution in [0.25, 0.3) is 0 Å². The normalized spacial score (nSPS) is 11.5. The summed E-state index contributed by atoms with van der Waals surface area (Å²) in [6.07, 6.45) is 0. The molecule has 0 aliphatic rings. The summed E-state index contributed by atoms with van der Waals surface area (Å²) >= 11 is 0. The molecule has 2 amide bonds. The average molecular weight is 294 g/mol. The molecule has 0 rings (SSSR count). The number of nitrogens with two attached hydrogens (primary N) is 1. The molecule has 0 unspecified atom stereocenters. The van der Waals surface area contributed by atoms with E-state index < -0.39 is 5.41 Å². The quantitative estimate of drug-likeness (QED) is 0.794. The maximum absolute atomic E-state index is 11.8. The molecule has 0 bridgehead atoms. The molecule has 0 aromatic rings. The number of nitrogens with zero attached hydrogens (tertiary/aromatic N) is 1. The molecule has 0 aromatic carbocycles. The first-order valence-electron chi connectivity index (χ1n) is 6.22. The van der Waals surface area contributed by atoms with E-state index in [2.05, 4.69) is 5.32 Å². The van der Waals surface area contributed by atoms with Gasteiger partial charge >= 0.3 is 0 Å². The van der Waals surface area contributed by atoms with Crippen LogP contribution in [-0.4, -0.2) is 43.4 Å². The van der Waals surface area contributed by atoms with Crippen LogP contribution < -0.4 is 11.1 Å². The zero-order chi connectivity index (χ0) is 14.6. The van der Waals surface area contributed by atoms with Gasteiger partial charge < -0.3 is 16.0 Å². The molecule has 5 nitrogen and oxygen atoms in total. The van der Waals surface area contributed by atoms with Crippen molar-refractivity contribution in [2.75, 3.05) is 26.7 Å². The summed E-state index contributed by atoms with van der Waals surface area (Å²) in [5, 5.41) is 2.65. The Morgan fingerprint density at radius 2 is 1.63 bits per heavy atom. The Kier molecular flexibility index (Phi) is 8.31. The number of carbonyl (C=O) groups is 2. The lowest BCUT2D eigenvalue weighted by molar-refractivity contribution is -0.135. The van der Waals surface area contributed by atoms with Crippen molar-refractivity contribution in [1.82, 2.24) is 10.2 Å². The fourth-order valence-electron chi connectivity index (χ4n) is 1.35. The van der Waals surface area contributed by atoms with E-state index in [1.165, 1.54) is 0 Å². The average Bonchev–Trinajstić information content (AvgIpc) is 2.23. The van der Waals surface area contributed by atoms with Crippen molar-refractivity contribution in [3.63, 3.8) is 0 Å². The summed E-state index contributed by atoms with van der Waals surface area (Å²) in [5.74, 6) is -0.225. The Balaban J connectivity index is 0. The molecular weight excluding hydrogens is 266 g/mol. The molecule has 0 fully saturated rings. The highest BCUT2D eigenvalue weighted by Gasteiger charge is 2.24. The number of amides is 2. The second kappa shape index (κ2) is 7.70. The fourth-order valence-corrected chi connectivity index (χ4v) is 1.35. The summed E-state index contributed by atoms with van der Waals surface area (Å²) in [5.41, 5.74) is 5.04. The van der Waals surface area contributed by atoms with Gasteiger partial charge in [-0.15, -0.1) is 12.4 Å². The lowest BCUT2D eigenvalue weighted by Gasteiger charge is -2.29. The zero-order valence-corrected chi connectivity index (χ0v) is 13.7. The summed E-state index contributed by atoms with van der Waals surface area (Å²) in [6.45, 7) is 10.6. The molecule has 0 spiro atoms. The van der Waals surface area contributed by atoms with Gasteiger partial charge in [-0.2, -0.15) is 0 Å². The lowest BCUT2D eigenvalue weighted by atomic mass is 9.93. The van der Waals surface area contributed by atoms with Crippen molar-refractivity contribution in [2.45, 2.75) is 34.6 Å². The highest BCUT2D eigenvalue weighted by molar-refractivity contribution is 5.87. The van der Waals surface area contributed by atoms with Crippen molar-refractivity contribution >= 4 is 24.2 Å². The highest BCUT2D eigenvalue weighted by atomic mass is 35.5. The number of hydrogen-bond donors (Lipinski definition) is 2. The van der Waals surface area contributed by atoms with Crippen LogP contribution in [0.3, 0.4) is 0 Å². The fraction of sp³-hybridized carbons (Fsp3) is 0.846. The summed E-state index contributed by atoms with van der Waals surface area (Å²) < 4.78 is 0. The SMILES string of the molecule is CN(CC(C)(C)CN)C(=O)CNC(=O)C(C)(C)C.Cl. The maximum Gasteiger partial charge on any atom is 0.241 e. The molecule has 0 atom stereocenters. The summed E-state index contributed by atoms with van der Waals surface area (Å²) in [4.78, 5) is 25.1. The van der Waals surface area contributed by atoms with Crippen molar-refractivity contribution in [3.05, 3.63) is 0 Å². The molecule has 3 N–H and O–H groups in total. The Bertz CT molecular complexity index is 312. The predicted octanol–water partition coefficient (Wildman–Crippen LogP) is 1.01. The van der Waals surface area contributed by atoms with Crippen LogP contribution in [0.5, 0.6) is 0 Å². The third-order valence-corrected chi connectivity index (χ3v) is 2.72. The van der Waals surface area contributed by atoms with Gasteiger partial charge in [-0.1, -0.05) is 34.6 Å². The van der Waals surface area contributed by atoms with Gasteiger partial charge in [0.05, 0.1) is 6.54 Å². The Hall–Kier alpha value is -0.810. The van der Waals surface area contributed by atoms with E-state index in [1.54, 1.807) is 11.9 Å². The second-order valence-electron chi connectivity index (χ2n) is 6.55. The van der Waals surface area contributed by atoms with Gasteiger partial charge in [-0.25, -0.2) is 0 Å². The zero-order valence-electron chi connectivity index (χ0n) is 12.9. The molecule has 0 aliphatic carbocycles. The number of nitrogens with one attached hydrogen (secondary N) is 1. The first-order chi connectivity index (χ1) is 7.99. The van der Waals surface area contributed by atoms with Crippen LogP contribution in [0, 0.1) is 10.8 Å². The van der Waals surface area contributed by atoms with Gasteiger partial charge in [0.15, 0.2) is 0 Å². The van der Waals surface area contributed by atoms with Gasteiger partial charge in [-0.3, -0.25) is 9.59 Å². The predicted molar refractivity (Wildman–Crippen MR) is 80.2 cm³/mol. The molecule has 0 radical (unpaired) electrons. The minimum Gasteiger partial charge on any atom is -0.347 e. The van der Waals surface area contributed by atoms with Gasteiger partial charge in [-0.05, 0) is 12.0 Å². The standard InChI is InChI=1S/C13H27N3O2.ClH/c1-12(2,3)11(18)15-7-10(17)16(6)9-13(4,5)8-14;/h7-9,14H2,1-6H3,(H,15,18);1H. The molecule has 6 heteroatoms. The first kappa shape index (κ1) is 20.5. The third kappa shape index (κ3) is 8.06. The van der Waals surface area contributed by atoms with Gasteiger partial charge in [0.2, 0.25) is 11.8 Å². The van der Waals surface area contributed by atoms with E-state index in [-0.39, 0.29) is 36.2 Å². The van der Waals surface area contributed by atoms with E-state index >= 15 is 0 Å². The number of halogens is 1. The van der Waals surface area contributed by atoms with Crippen LogP contribution in [-0.2, 0) is 9.59 Å². The third-order valence-electron chi connectivity index (χ3n) is 2.72. The van der Waals surface area contributed by atoms with Crippen LogP contribution in [0.15, 0.2) is 0 Å². The van der Waals surface area contributed by atoms with E-state index in [0.29, 0.717) is 13.1 Å². The van der Waals surface area contributed by atoms with Crippen molar-refractivity contribution < 1.29 is 9.59 Å². The van der Waals surface area contributed by atoms with Crippen LogP contribution in [0.2, 0.25) is 0 Å². The summed E-state index contributed by atoms with van der Waals surface area (Å²) in [6, 6.07) is 0. The van der Waals surface area contributed by atoms with E-state index in [4.69, 9.17) is 5.73 Å². The largest absolute Gasteiger partial charge is 0.347 e. The Labute approximate surface area is 122 Å². The van der Waals surface area contributed by atoms with Crippen LogP contribution in [0.4, 0.5) is 0 Å². The molecule has 0 aromatic heterocycles. The monoisotopic (exact) mass is 293 g/mol. The number of rotatable bonds is 5. The number of hydrogen-bond acceptors (Lipinski definition) is 3. The van der Waals surface area contributed by atoms with E-state index in [9.17, 15) is 9.59 Å². The maximum atomic E-state index is 11.8. The Morgan fingerprint density at radius 3 is 2.00 bits per heavy atom. The minimum absolute atomic E-state index is 0. The van der Waals surface area contributed by atoms with Crippen molar-refractivity contribution in [3.8, 4) is 0 Å². The molecule has 0 saturated heterocycles. The molecule has 0 aliphatic heterocycles. The highest BCUT2D eigenvalue weighted by Crippen LogP contribution is 2.14. The first-order valence-corrected chi connectivity index (χ1v) is 6.22. The molecule has 0 saturated carbocycles. The Morgan fingerprint density at radius 1 is 1.16 bits per heavy atom. The van der Waals surface area contributed by atoms with Gasteiger partial charge in [0, 0.05) is 19.0 Å². The van der Waals surface area contributed by atoms with Crippen LogP contribution in [0.1, 0.15) is 34.6 Å². The molecule has 114 valence electrons. The smallest absolute Gasteiger partial charge is 0.241 e. The number of carbonyl (C=O) groups excluding carboxylic acids is 2. The number of likely N-dealkylation sites (N-methyl/N-ethyl adjacent to an activating group) is 1. The summed E-state index contributed by atoms with van der Waals surface area (Å²) in [7, 11) is 1.73.